The van der Waals surface area contributed by atoms with Gasteiger partial charge in [0, 0.05) is 12.4 Å². The molecule has 0 aliphatic heterocycles. The van der Waals surface area contributed by atoms with Crippen LogP contribution in [0.25, 0.3) is 5.69 Å². The van der Waals surface area contributed by atoms with Crippen molar-refractivity contribution in [3.8, 4) is 17.2 Å². The molecule has 1 aromatic heterocycles. The summed E-state index contributed by atoms with van der Waals surface area (Å²) in [6.45, 7) is 2.47. The zero-order valence-electron chi connectivity index (χ0n) is 18.9. The fourth-order valence-electron chi connectivity index (χ4n) is 3.41. The lowest BCUT2D eigenvalue weighted by atomic mass is 10.1. The highest BCUT2D eigenvalue weighted by Crippen LogP contribution is 2.36. The van der Waals surface area contributed by atoms with Crippen LogP contribution in [0.2, 0.25) is 0 Å². The van der Waals surface area contributed by atoms with Crippen molar-refractivity contribution in [1.82, 2.24) is 9.99 Å². The minimum atomic E-state index is -0.301. The second-order valence-electron chi connectivity index (χ2n) is 7.61. The Morgan fingerprint density at radius 2 is 1.79 bits per heavy atom. The van der Waals surface area contributed by atoms with E-state index in [-0.39, 0.29) is 5.91 Å². The quantitative estimate of drug-likeness (QED) is 0.233. The predicted octanol–water partition coefficient (Wildman–Crippen LogP) is 5.90. The number of amides is 1. The number of methoxy groups -OCH3 is 1. The van der Waals surface area contributed by atoms with E-state index >= 15 is 0 Å². The van der Waals surface area contributed by atoms with Gasteiger partial charge in [0.05, 0.1) is 29.0 Å². The van der Waals surface area contributed by atoms with Crippen molar-refractivity contribution in [3.05, 3.63) is 112 Å². The lowest BCUT2D eigenvalue weighted by molar-refractivity contribution is 0.0955. The summed E-state index contributed by atoms with van der Waals surface area (Å²) in [5.41, 5.74) is 6.91. The number of rotatable bonds is 8. The Labute approximate surface area is 207 Å². The molecular formula is C27H24BrN3O3. The number of aromatic nitrogens is 1. The molecule has 1 heterocycles. The Hall–Kier alpha value is -3.84. The van der Waals surface area contributed by atoms with Crippen LogP contribution in [-0.4, -0.2) is 23.8 Å². The molecule has 0 spiro atoms. The van der Waals surface area contributed by atoms with E-state index in [0.717, 1.165) is 21.3 Å². The number of para-hydroxylation sites is 1. The third kappa shape index (κ3) is 5.55. The maximum Gasteiger partial charge on any atom is 0.273 e. The van der Waals surface area contributed by atoms with Crippen molar-refractivity contribution in [2.45, 2.75) is 13.5 Å². The Kier molecular flexibility index (Phi) is 7.44. The van der Waals surface area contributed by atoms with Gasteiger partial charge in [0.15, 0.2) is 11.5 Å². The number of hydrogen-bond acceptors (Lipinski definition) is 4. The monoisotopic (exact) mass is 517 g/mol. The van der Waals surface area contributed by atoms with E-state index in [9.17, 15) is 4.79 Å². The van der Waals surface area contributed by atoms with E-state index in [0.29, 0.717) is 23.7 Å². The van der Waals surface area contributed by atoms with E-state index in [1.807, 2.05) is 72.4 Å². The second kappa shape index (κ2) is 10.9. The van der Waals surface area contributed by atoms with Crippen LogP contribution < -0.4 is 14.9 Å². The Morgan fingerprint density at radius 1 is 1.06 bits per heavy atom. The van der Waals surface area contributed by atoms with Gasteiger partial charge in [0.25, 0.3) is 5.91 Å². The molecule has 0 bridgehead atoms. The molecule has 4 rings (SSSR count). The molecule has 6 nitrogen and oxygen atoms in total. The Morgan fingerprint density at radius 3 is 2.53 bits per heavy atom. The fourth-order valence-corrected chi connectivity index (χ4v) is 3.98. The minimum absolute atomic E-state index is 0.301. The molecule has 0 saturated heterocycles. The minimum Gasteiger partial charge on any atom is -0.493 e. The SMILES string of the molecule is COc1cc(/C=N\NC(=O)c2ccccc2-n2cccc2)cc(Br)c1OCc1ccc(C)cc1. The summed E-state index contributed by atoms with van der Waals surface area (Å²) in [6.07, 6.45) is 5.34. The summed E-state index contributed by atoms with van der Waals surface area (Å²) in [5.74, 6) is 0.863. The van der Waals surface area contributed by atoms with Gasteiger partial charge in [-0.3, -0.25) is 4.79 Å². The zero-order valence-corrected chi connectivity index (χ0v) is 20.5. The highest BCUT2D eigenvalue weighted by Gasteiger charge is 2.13. The van der Waals surface area contributed by atoms with Crippen molar-refractivity contribution in [2.24, 2.45) is 5.10 Å². The van der Waals surface area contributed by atoms with Gasteiger partial charge in [-0.05, 0) is 70.4 Å². The van der Waals surface area contributed by atoms with Crippen LogP contribution in [0.3, 0.4) is 0 Å². The predicted molar refractivity (Wildman–Crippen MR) is 137 cm³/mol. The van der Waals surface area contributed by atoms with Crippen LogP contribution in [0.15, 0.2) is 94.8 Å². The first-order chi connectivity index (χ1) is 16.5. The van der Waals surface area contributed by atoms with Crippen molar-refractivity contribution in [3.63, 3.8) is 0 Å². The van der Waals surface area contributed by atoms with Crippen molar-refractivity contribution in [2.75, 3.05) is 7.11 Å². The molecule has 7 heteroatoms. The smallest absolute Gasteiger partial charge is 0.273 e. The molecule has 0 atom stereocenters. The lowest BCUT2D eigenvalue weighted by Crippen LogP contribution is -2.19. The second-order valence-corrected chi connectivity index (χ2v) is 8.47. The van der Waals surface area contributed by atoms with Crippen molar-refractivity contribution < 1.29 is 14.3 Å². The summed E-state index contributed by atoms with van der Waals surface area (Å²) in [6, 6.07) is 23.0. The molecule has 1 amide bonds. The highest BCUT2D eigenvalue weighted by atomic mass is 79.9. The number of ether oxygens (including phenoxy) is 2. The number of nitrogens with zero attached hydrogens (tertiary/aromatic N) is 2. The van der Waals surface area contributed by atoms with Crippen LogP contribution in [0.5, 0.6) is 11.5 Å². The number of carbonyl (C=O) groups excluding carboxylic acids is 1. The number of aryl methyl sites for hydroxylation is 1. The number of halogens is 1. The molecule has 0 saturated carbocycles. The number of carbonyl (C=O) groups is 1. The van der Waals surface area contributed by atoms with E-state index in [2.05, 4.69) is 38.6 Å². The van der Waals surface area contributed by atoms with Gasteiger partial charge in [-0.1, -0.05) is 42.0 Å². The van der Waals surface area contributed by atoms with Gasteiger partial charge < -0.3 is 14.0 Å². The largest absolute Gasteiger partial charge is 0.493 e. The topological polar surface area (TPSA) is 64.8 Å². The summed E-state index contributed by atoms with van der Waals surface area (Å²) < 4.78 is 14.1. The molecule has 34 heavy (non-hydrogen) atoms. The maximum atomic E-state index is 12.7. The van der Waals surface area contributed by atoms with Crippen molar-refractivity contribution >= 4 is 28.1 Å². The molecule has 172 valence electrons. The van der Waals surface area contributed by atoms with E-state index in [4.69, 9.17) is 9.47 Å². The van der Waals surface area contributed by atoms with Crippen LogP contribution in [0.1, 0.15) is 27.0 Å². The van der Waals surface area contributed by atoms with E-state index in [1.54, 1.807) is 25.5 Å². The molecule has 1 N–H and O–H groups in total. The first kappa shape index (κ1) is 23.3. The molecule has 0 aliphatic rings. The standard InChI is InChI=1S/C27H24BrN3O3/c1-19-9-11-20(12-10-19)18-34-26-23(28)15-21(16-25(26)33-2)17-29-30-27(32)22-7-3-4-8-24(22)31-13-5-6-14-31/h3-17H,18H2,1-2H3,(H,30,32)/b29-17-. The number of hydrogen-bond donors (Lipinski definition) is 1. The third-order valence-corrected chi connectivity index (χ3v) is 5.76. The summed E-state index contributed by atoms with van der Waals surface area (Å²) in [7, 11) is 1.58. The highest BCUT2D eigenvalue weighted by molar-refractivity contribution is 9.10. The third-order valence-electron chi connectivity index (χ3n) is 5.17. The Bertz CT molecular complexity index is 1300. The number of nitrogens with one attached hydrogen (secondary N) is 1. The number of hydrazone groups is 1. The average Bonchev–Trinajstić information content (AvgIpc) is 3.39. The van der Waals surface area contributed by atoms with Crippen molar-refractivity contribution in [1.29, 1.82) is 0 Å². The maximum absolute atomic E-state index is 12.7. The molecule has 4 aromatic rings. The first-order valence-corrected chi connectivity index (χ1v) is 11.5. The van der Waals surface area contributed by atoms with Gasteiger partial charge in [0.2, 0.25) is 0 Å². The van der Waals surface area contributed by atoms with Crippen LogP contribution in [0, 0.1) is 6.92 Å². The van der Waals surface area contributed by atoms with E-state index in [1.165, 1.54) is 5.56 Å². The van der Waals surface area contributed by atoms with Crippen LogP contribution in [-0.2, 0) is 6.61 Å². The summed E-state index contributed by atoms with van der Waals surface area (Å²) in [5, 5.41) is 4.14. The molecule has 0 aliphatic carbocycles. The van der Waals surface area contributed by atoms with Gasteiger partial charge in [-0.2, -0.15) is 5.10 Å². The Balaban J connectivity index is 1.46. The summed E-state index contributed by atoms with van der Waals surface area (Å²) in [4.78, 5) is 12.7. The number of benzene rings is 3. The molecular weight excluding hydrogens is 494 g/mol. The molecule has 0 unspecified atom stereocenters. The first-order valence-electron chi connectivity index (χ1n) is 10.7. The normalized spacial score (nSPS) is 10.9. The molecule has 0 fully saturated rings. The average molecular weight is 518 g/mol. The fraction of sp³-hybridized carbons (Fsp3) is 0.111. The molecule has 3 aromatic carbocycles. The van der Waals surface area contributed by atoms with E-state index < -0.39 is 0 Å². The molecule has 0 radical (unpaired) electrons. The van der Waals surface area contributed by atoms with Crippen LogP contribution >= 0.6 is 15.9 Å². The van der Waals surface area contributed by atoms with Gasteiger partial charge in [-0.15, -0.1) is 0 Å². The zero-order chi connectivity index (χ0) is 23.9. The van der Waals surface area contributed by atoms with Gasteiger partial charge in [0.1, 0.15) is 6.61 Å². The summed E-state index contributed by atoms with van der Waals surface area (Å²) >= 11 is 3.56. The van der Waals surface area contributed by atoms with Gasteiger partial charge in [-0.25, -0.2) is 5.43 Å². The van der Waals surface area contributed by atoms with Crippen LogP contribution in [0.4, 0.5) is 0 Å². The lowest BCUT2D eigenvalue weighted by Gasteiger charge is -2.13. The van der Waals surface area contributed by atoms with Gasteiger partial charge >= 0.3 is 0 Å².